The molecule has 0 saturated heterocycles. The van der Waals surface area contributed by atoms with Crippen LogP contribution >= 0.6 is 0 Å². The van der Waals surface area contributed by atoms with Gasteiger partial charge in [0.1, 0.15) is 5.75 Å². The molecule has 2 N–H and O–H groups in total. The second kappa shape index (κ2) is 8.37. The van der Waals surface area contributed by atoms with Crippen molar-refractivity contribution in [3.8, 4) is 5.75 Å². The molecule has 0 aromatic heterocycles. The molecule has 136 valence electrons. The van der Waals surface area contributed by atoms with Crippen LogP contribution in [0.4, 0.5) is 5.69 Å². The molecule has 2 amide bonds. The Balaban J connectivity index is 1.38. The molecule has 5 heteroatoms. The van der Waals surface area contributed by atoms with Gasteiger partial charge in [0, 0.05) is 24.6 Å². The first-order valence-electron chi connectivity index (χ1n) is 9.47. The lowest BCUT2D eigenvalue weighted by molar-refractivity contribution is -0.122. The van der Waals surface area contributed by atoms with Gasteiger partial charge in [-0.1, -0.05) is 19.8 Å². The number of fused-ring (bicyclic) bond motifs is 1. The van der Waals surface area contributed by atoms with E-state index in [0.717, 1.165) is 29.8 Å². The zero-order chi connectivity index (χ0) is 17.6. The molecular weight excluding hydrogens is 316 g/mol. The summed E-state index contributed by atoms with van der Waals surface area (Å²) in [6.45, 7) is 2.75. The maximum absolute atomic E-state index is 12.1. The van der Waals surface area contributed by atoms with Crippen LogP contribution < -0.4 is 15.4 Å². The lowest BCUT2D eigenvalue weighted by Gasteiger charge is -2.29. The standard InChI is InChI=1S/C20H28N2O3/c1-14-5-2-3-6-17(14)21-19(23)7-4-12-25-16-9-10-18-15(13-16)8-11-20(24)22-18/h9-10,13-14,17H,2-8,11-12H2,1H3,(H,21,23)(H,22,24). The normalized spacial score (nSPS) is 22.7. The number of hydrogen-bond donors (Lipinski definition) is 2. The van der Waals surface area contributed by atoms with Gasteiger partial charge in [-0.15, -0.1) is 0 Å². The summed E-state index contributed by atoms with van der Waals surface area (Å²) in [6.07, 6.45) is 7.31. The number of anilines is 1. The number of aryl methyl sites for hydroxylation is 1. The molecule has 0 spiro atoms. The lowest BCUT2D eigenvalue weighted by Crippen LogP contribution is -2.41. The molecule has 0 bridgehead atoms. The Bertz CT molecular complexity index is 629. The third kappa shape index (κ3) is 4.97. The minimum Gasteiger partial charge on any atom is -0.494 e. The molecule has 1 aromatic carbocycles. The number of amides is 2. The summed E-state index contributed by atoms with van der Waals surface area (Å²) in [6, 6.07) is 6.09. The second-order valence-electron chi connectivity index (χ2n) is 7.25. The Labute approximate surface area is 149 Å². The average molecular weight is 344 g/mol. The van der Waals surface area contributed by atoms with Gasteiger partial charge < -0.3 is 15.4 Å². The molecule has 2 unspecified atom stereocenters. The van der Waals surface area contributed by atoms with Crippen molar-refractivity contribution in [1.29, 1.82) is 0 Å². The molecule has 1 aromatic rings. The SMILES string of the molecule is CC1CCCCC1NC(=O)CCCOc1ccc2c(c1)CCC(=O)N2. The van der Waals surface area contributed by atoms with Gasteiger partial charge in [0.05, 0.1) is 6.61 Å². The Morgan fingerprint density at radius 1 is 1.28 bits per heavy atom. The van der Waals surface area contributed by atoms with E-state index in [1.165, 1.54) is 19.3 Å². The van der Waals surface area contributed by atoms with E-state index in [0.29, 0.717) is 37.8 Å². The topological polar surface area (TPSA) is 67.4 Å². The molecular formula is C20H28N2O3. The fourth-order valence-electron chi connectivity index (χ4n) is 3.68. The Morgan fingerprint density at radius 2 is 2.12 bits per heavy atom. The molecule has 1 aliphatic carbocycles. The van der Waals surface area contributed by atoms with Gasteiger partial charge in [-0.3, -0.25) is 9.59 Å². The summed E-state index contributed by atoms with van der Waals surface area (Å²) in [5.74, 6) is 1.59. The van der Waals surface area contributed by atoms with Crippen molar-refractivity contribution < 1.29 is 14.3 Å². The van der Waals surface area contributed by atoms with Gasteiger partial charge >= 0.3 is 0 Å². The fourth-order valence-corrected chi connectivity index (χ4v) is 3.68. The quantitative estimate of drug-likeness (QED) is 0.777. The largest absolute Gasteiger partial charge is 0.494 e. The maximum Gasteiger partial charge on any atom is 0.224 e. The second-order valence-corrected chi connectivity index (χ2v) is 7.25. The van der Waals surface area contributed by atoms with Crippen LogP contribution in [0.15, 0.2) is 18.2 Å². The number of ether oxygens (including phenoxy) is 1. The van der Waals surface area contributed by atoms with Crippen molar-refractivity contribution in [3.05, 3.63) is 23.8 Å². The molecule has 5 nitrogen and oxygen atoms in total. The summed E-state index contributed by atoms with van der Waals surface area (Å²) >= 11 is 0. The van der Waals surface area contributed by atoms with Crippen molar-refractivity contribution >= 4 is 17.5 Å². The van der Waals surface area contributed by atoms with Crippen molar-refractivity contribution in [3.63, 3.8) is 0 Å². The summed E-state index contributed by atoms with van der Waals surface area (Å²) in [7, 11) is 0. The van der Waals surface area contributed by atoms with E-state index in [1.54, 1.807) is 0 Å². The smallest absolute Gasteiger partial charge is 0.224 e. The van der Waals surface area contributed by atoms with Crippen LogP contribution in [0.2, 0.25) is 0 Å². The van der Waals surface area contributed by atoms with Crippen LogP contribution in [0.3, 0.4) is 0 Å². The van der Waals surface area contributed by atoms with E-state index in [9.17, 15) is 9.59 Å². The first-order chi connectivity index (χ1) is 12.1. The third-order valence-electron chi connectivity index (χ3n) is 5.25. The van der Waals surface area contributed by atoms with Gasteiger partial charge in [-0.2, -0.15) is 0 Å². The Kier molecular flexibility index (Phi) is 5.95. The highest BCUT2D eigenvalue weighted by atomic mass is 16.5. The van der Waals surface area contributed by atoms with Gasteiger partial charge in [0.25, 0.3) is 0 Å². The molecule has 0 radical (unpaired) electrons. The maximum atomic E-state index is 12.1. The highest BCUT2D eigenvalue weighted by Gasteiger charge is 2.22. The molecule has 2 atom stereocenters. The highest BCUT2D eigenvalue weighted by Crippen LogP contribution is 2.27. The van der Waals surface area contributed by atoms with E-state index in [2.05, 4.69) is 17.6 Å². The van der Waals surface area contributed by atoms with Crippen molar-refractivity contribution in [1.82, 2.24) is 5.32 Å². The monoisotopic (exact) mass is 344 g/mol. The molecule has 1 heterocycles. The highest BCUT2D eigenvalue weighted by molar-refractivity contribution is 5.94. The summed E-state index contributed by atoms with van der Waals surface area (Å²) in [5, 5.41) is 6.04. The molecule has 1 fully saturated rings. The van der Waals surface area contributed by atoms with Gasteiger partial charge in [0.15, 0.2) is 0 Å². The lowest BCUT2D eigenvalue weighted by atomic mass is 9.86. The van der Waals surface area contributed by atoms with Crippen LogP contribution in [-0.2, 0) is 16.0 Å². The summed E-state index contributed by atoms with van der Waals surface area (Å²) in [4.78, 5) is 23.5. The molecule has 2 aliphatic rings. The van der Waals surface area contributed by atoms with E-state index in [4.69, 9.17) is 4.74 Å². The fraction of sp³-hybridized carbons (Fsp3) is 0.600. The van der Waals surface area contributed by atoms with E-state index in [-0.39, 0.29) is 11.8 Å². The Morgan fingerprint density at radius 3 is 2.96 bits per heavy atom. The van der Waals surface area contributed by atoms with Gasteiger partial charge in [-0.25, -0.2) is 0 Å². The number of carbonyl (C=O) groups is 2. The summed E-state index contributed by atoms with van der Waals surface area (Å²) in [5.41, 5.74) is 1.99. The minimum absolute atomic E-state index is 0.0689. The summed E-state index contributed by atoms with van der Waals surface area (Å²) < 4.78 is 5.77. The predicted molar refractivity (Wildman–Crippen MR) is 97.7 cm³/mol. The van der Waals surface area contributed by atoms with E-state index in [1.807, 2.05) is 18.2 Å². The molecule has 1 aliphatic heterocycles. The van der Waals surface area contributed by atoms with Crippen molar-refractivity contribution in [2.24, 2.45) is 5.92 Å². The molecule has 1 saturated carbocycles. The number of carbonyl (C=O) groups excluding carboxylic acids is 2. The molecule has 3 rings (SSSR count). The zero-order valence-corrected chi connectivity index (χ0v) is 15.0. The number of hydrogen-bond acceptors (Lipinski definition) is 3. The van der Waals surface area contributed by atoms with Gasteiger partial charge in [0.2, 0.25) is 11.8 Å². The average Bonchev–Trinajstić information content (AvgIpc) is 2.61. The van der Waals surface area contributed by atoms with Crippen LogP contribution in [0.25, 0.3) is 0 Å². The van der Waals surface area contributed by atoms with E-state index < -0.39 is 0 Å². The first-order valence-corrected chi connectivity index (χ1v) is 9.47. The van der Waals surface area contributed by atoms with Crippen LogP contribution in [0.1, 0.15) is 57.4 Å². The van der Waals surface area contributed by atoms with Gasteiger partial charge in [-0.05, 0) is 55.4 Å². The van der Waals surface area contributed by atoms with E-state index >= 15 is 0 Å². The first kappa shape index (κ1) is 17.8. The van der Waals surface area contributed by atoms with Crippen LogP contribution in [0.5, 0.6) is 5.75 Å². The zero-order valence-electron chi connectivity index (χ0n) is 15.0. The minimum atomic E-state index is 0.0689. The predicted octanol–water partition coefficient (Wildman–Crippen LogP) is 3.43. The van der Waals surface area contributed by atoms with Crippen LogP contribution in [-0.4, -0.2) is 24.5 Å². The number of nitrogens with one attached hydrogen (secondary N) is 2. The molecule has 25 heavy (non-hydrogen) atoms. The number of benzene rings is 1. The third-order valence-corrected chi connectivity index (χ3v) is 5.25. The van der Waals surface area contributed by atoms with Crippen molar-refractivity contribution in [2.45, 2.75) is 64.3 Å². The number of rotatable bonds is 6. The Hall–Kier alpha value is -2.04. The van der Waals surface area contributed by atoms with Crippen molar-refractivity contribution in [2.75, 3.05) is 11.9 Å². The van der Waals surface area contributed by atoms with Crippen LogP contribution in [0, 0.1) is 5.92 Å².